The van der Waals surface area contributed by atoms with E-state index in [0.29, 0.717) is 12.0 Å². The van der Waals surface area contributed by atoms with Gasteiger partial charge in [-0.2, -0.15) is 0 Å². The Balaban J connectivity index is 2.15. The number of hydrogen-bond acceptors (Lipinski definition) is 3. The highest BCUT2D eigenvalue weighted by Crippen LogP contribution is 2.35. The average molecular weight is 215 g/mol. The second kappa shape index (κ2) is 3.32. The second-order valence-electron chi connectivity index (χ2n) is 4.97. The third-order valence-electron chi connectivity index (χ3n) is 3.53. The quantitative estimate of drug-likeness (QED) is 0.671. The van der Waals surface area contributed by atoms with Crippen molar-refractivity contribution in [1.82, 2.24) is 0 Å². The van der Waals surface area contributed by atoms with Gasteiger partial charge in [0.2, 0.25) is 0 Å². The van der Waals surface area contributed by atoms with E-state index in [-0.39, 0.29) is 0 Å². The normalized spacial score (nSPS) is 27.4. The van der Waals surface area contributed by atoms with Crippen molar-refractivity contribution >= 4 is 11.4 Å². The SMILES string of the molecule is Cc1ccc2c(c1)N(N)CC1CC(C)N=C21. The third kappa shape index (κ3) is 1.35. The van der Waals surface area contributed by atoms with E-state index in [2.05, 4.69) is 32.0 Å². The van der Waals surface area contributed by atoms with Gasteiger partial charge in [0, 0.05) is 29.8 Å². The molecule has 0 saturated carbocycles. The summed E-state index contributed by atoms with van der Waals surface area (Å²) in [6.07, 6.45) is 1.14. The van der Waals surface area contributed by atoms with E-state index < -0.39 is 0 Å². The summed E-state index contributed by atoms with van der Waals surface area (Å²) in [5.74, 6) is 6.62. The van der Waals surface area contributed by atoms with Crippen LogP contribution in [0, 0.1) is 12.8 Å². The van der Waals surface area contributed by atoms with E-state index in [9.17, 15) is 0 Å². The number of fused-ring (bicyclic) bond motifs is 3. The molecule has 2 aliphatic heterocycles. The summed E-state index contributed by atoms with van der Waals surface area (Å²) in [5, 5.41) is 1.88. The second-order valence-corrected chi connectivity index (χ2v) is 4.97. The fourth-order valence-corrected chi connectivity index (χ4v) is 2.80. The Labute approximate surface area is 95.9 Å². The Bertz CT molecular complexity index is 464. The van der Waals surface area contributed by atoms with Crippen molar-refractivity contribution < 1.29 is 0 Å². The van der Waals surface area contributed by atoms with Crippen molar-refractivity contribution in [1.29, 1.82) is 0 Å². The Hall–Kier alpha value is -1.35. The van der Waals surface area contributed by atoms with Crippen LogP contribution in [0.5, 0.6) is 0 Å². The lowest BCUT2D eigenvalue weighted by atomic mass is 9.89. The first kappa shape index (κ1) is 9.85. The van der Waals surface area contributed by atoms with Gasteiger partial charge in [-0.25, -0.2) is 5.84 Å². The molecule has 1 aromatic carbocycles. The minimum atomic E-state index is 0.445. The monoisotopic (exact) mass is 215 g/mol. The molecule has 0 amide bonds. The maximum Gasteiger partial charge on any atom is 0.0610 e. The lowest BCUT2D eigenvalue weighted by molar-refractivity contribution is 0.582. The lowest BCUT2D eigenvalue weighted by Gasteiger charge is -2.31. The standard InChI is InChI=1S/C13H17N3/c1-8-3-4-11-12(5-8)16(14)7-10-6-9(2)15-13(10)11/h3-5,9-10H,6-7,14H2,1-2H3. The van der Waals surface area contributed by atoms with Gasteiger partial charge < -0.3 is 5.01 Å². The van der Waals surface area contributed by atoms with E-state index >= 15 is 0 Å². The largest absolute Gasteiger partial charge is 0.310 e. The van der Waals surface area contributed by atoms with Crippen LogP contribution in [0.4, 0.5) is 5.69 Å². The molecule has 16 heavy (non-hydrogen) atoms. The van der Waals surface area contributed by atoms with E-state index in [1.807, 2.05) is 5.01 Å². The molecule has 0 bridgehead atoms. The minimum Gasteiger partial charge on any atom is -0.310 e. The zero-order valence-corrected chi connectivity index (χ0v) is 9.77. The zero-order chi connectivity index (χ0) is 11.3. The molecule has 0 spiro atoms. The Morgan fingerprint density at radius 2 is 2.25 bits per heavy atom. The summed E-state index contributed by atoms with van der Waals surface area (Å²) in [6, 6.07) is 6.89. The molecule has 2 heterocycles. The van der Waals surface area contributed by atoms with Gasteiger partial charge in [0.1, 0.15) is 0 Å². The molecule has 0 radical (unpaired) electrons. The molecule has 1 aromatic rings. The lowest BCUT2D eigenvalue weighted by Crippen LogP contribution is -2.42. The smallest absolute Gasteiger partial charge is 0.0610 e. The first-order valence-electron chi connectivity index (χ1n) is 5.86. The summed E-state index contributed by atoms with van der Waals surface area (Å²) >= 11 is 0. The van der Waals surface area contributed by atoms with E-state index in [0.717, 1.165) is 18.7 Å². The van der Waals surface area contributed by atoms with Gasteiger partial charge in [0.05, 0.1) is 5.69 Å². The van der Waals surface area contributed by atoms with Crippen molar-refractivity contribution in [3.05, 3.63) is 29.3 Å². The van der Waals surface area contributed by atoms with Gasteiger partial charge in [0.15, 0.2) is 0 Å². The Kier molecular flexibility index (Phi) is 2.04. The van der Waals surface area contributed by atoms with E-state index in [1.165, 1.54) is 16.8 Å². The highest BCUT2D eigenvalue weighted by Gasteiger charge is 2.33. The molecule has 3 heteroatoms. The summed E-state index contributed by atoms with van der Waals surface area (Å²) in [5.41, 5.74) is 4.88. The summed E-state index contributed by atoms with van der Waals surface area (Å²) < 4.78 is 0. The molecule has 0 fully saturated rings. The number of benzene rings is 1. The third-order valence-corrected chi connectivity index (χ3v) is 3.53. The molecule has 0 aliphatic carbocycles. The van der Waals surface area contributed by atoms with Gasteiger partial charge in [0.25, 0.3) is 0 Å². The Morgan fingerprint density at radius 1 is 1.44 bits per heavy atom. The molecule has 0 aromatic heterocycles. The zero-order valence-electron chi connectivity index (χ0n) is 9.77. The predicted molar refractivity (Wildman–Crippen MR) is 66.8 cm³/mol. The number of nitrogens with two attached hydrogens (primary N) is 1. The van der Waals surface area contributed by atoms with Crippen molar-refractivity contribution in [2.75, 3.05) is 11.6 Å². The highest BCUT2D eigenvalue weighted by atomic mass is 15.4. The molecular weight excluding hydrogens is 198 g/mol. The van der Waals surface area contributed by atoms with Crippen LogP contribution in [0.15, 0.2) is 23.2 Å². The van der Waals surface area contributed by atoms with Crippen LogP contribution in [0.3, 0.4) is 0 Å². The van der Waals surface area contributed by atoms with Crippen molar-refractivity contribution in [2.24, 2.45) is 16.8 Å². The van der Waals surface area contributed by atoms with Gasteiger partial charge in [-0.3, -0.25) is 4.99 Å². The molecule has 2 atom stereocenters. The highest BCUT2D eigenvalue weighted by molar-refractivity contribution is 6.09. The van der Waals surface area contributed by atoms with E-state index in [4.69, 9.17) is 10.8 Å². The number of hydrazine groups is 1. The van der Waals surface area contributed by atoms with Crippen molar-refractivity contribution in [2.45, 2.75) is 26.3 Å². The van der Waals surface area contributed by atoms with Crippen molar-refractivity contribution in [3.63, 3.8) is 0 Å². The van der Waals surface area contributed by atoms with Crippen molar-refractivity contribution in [3.8, 4) is 0 Å². The molecular formula is C13H17N3. The topological polar surface area (TPSA) is 41.6 Å². The van der Waals surface area contributed by atoms with Gasteiger partial charge >= 0.3 is 0 Å². The van der Waals surface area contributed by atoms with Crippen LogP contribution in [0.2, 0.25) is 0 Å². The molecule has 3 rings (SSSR count). The fraction of sp³-hybridized carbons (Fsp3) is 0.462. The maximum absolute atomic E-state index is 6.09. The molecule has 3 nitrogen and oxygen atoms in total. The molecule has 84 valence electrons. The van der Waals surface area contributed by atoms with Crippen LogP contribution < -0.4 is 10.9 Å². The van der Waals surface area contributed by atoms with Gasteiger partial charge in [-0.15, -0.1) is 0 Å². The van der Waals surface area contributed by atoms with Crippen LogP contribution in [-0.4, -0.2) is 18.3 Å². The number of aliphatic imine (C=N–C) groups is 1. The molecule has 2 unspecified atom stereocenters. The van der Waals surface area contributed by atoms with Gasteiger partial charge in [-0.05, 0) is 31.9 Å². The van der Waals surface area contributed by atoms with Gasteiger partial charge in [-0.1, -0.05) is 12.1 Å². The average Bonchev–Trinajstić information content (AvgIpc) is 2.59. The molecule has 2 N–H and O–H groups in total. The summed E-state index contributed by atoms with van der Waals surface area (Å²) in [6.45, 7) is 5.18. The van der Waals surface area contributed by atoms with Crippen LogP contribution in [0.25, 0.3) is 0 Å². The minimum absolute atomic E-state index is 0.445. The number of rotatable bonds is 0. The first-order valence-corrected chi connectivity index (χ1v) is 5.86. The number of nitrogens with zero attached hydrogens (tertiary/aromatic N) is 2. The summed E-state index contributed by atoms with van der Waals surface area (Å²) in [7, 11) is 0. The maximum atomic E-state index is 6.09. The fourth-order valence-electron chi connectivity index (χ4n) is 2.80. The predicted octanol–water partition coefficient (Wildman–Crippen LogP) is 1.89. The van der Waals surface area contributed by atoms with Crippen LogP contribution >= 0.6 is 0 Å². The molecule has 0 saturated heterocycles. The molecule has 2 aliphatic rings. The van der Waals surface area contributed by atoms with Crippen LogP contribution in [0.1, 0.15) is 24.5 Å². The Morgan fingerprint density at radius 3 is 3.06 bits per heavy atom. The number of aryl methyl sites for hydroxylation is 1. The number of anilines is 1. The van der Waals surface area contributed by atoms with E-state index in [1.54, 1.807) is 0 Å². The summed E-state index contributed by atoms with van der Waals surface area (Å²) in [4.78, 5) is 4.75. The van der Waals surface area contributed by atoms with Crippen LogP contribution in [-0.2, 0) is 0 Å². The number of hydrogen-bond donors (Lipinski definition) is 1. The first-order chi connectivity index (χ1) is 7.65.